The summed E-state index contributed by atoms with van der Waals surface area (Å²) in [4.78, 5) is 11.7. The molecule has 0 radical (unpaired) electrons. The van der Waals surface area contributed by atoms with E-state index in [0.717, 1.165) is 49.9 Å². The lowest BCUT2D eigenvalue weighted by molar-refractivity contribution is -0.119. The number of Topliss-reactive ketones (excluding diaryl/α,β-unsaturated/α-hetero) is 1. The number of fused-ring (bicyclic) bond motifs is 6. The van der Waals surface area contributed by atoms with Crippen LogP contribution >= 0.6 is 0 Å². The molecule has 1 N–H and O–H groups in total. The van der Waals surface area contributed by atoms with Gasteiger partial charge in [0.05, 0.1) is 5.60 Å². The number of ketones is 1. The third kappa shape index (κ3) is 1.46. The van der Waals surface area contributed by atoms with E-state index in [4.69, 9.17) is 0 Å². The van der Waals surface area contributed by atoms with Gasteiger partial charge in [-0.2, -0.15) is 0 Å². The quantitative estimate of drug-likeness (QED) is 0.690. The van der Waals surface area contributed by atoms with Crippen molar-refractivity contribution in [1.82, 2.24) is 0 Å². The average Bonchev–Trinajstić information content (AvgIpc) is 3.07. The first-order valence-corrected chi connectivity index (χ1v) is 8.98. The molecule has 0 amide bonds. The molecule has 0 bridgehead atoms. The van der Waals surface area contributed by atoms with Gasteiger partial charge < -0.3 is 5.11 Å². The van der Waals surface area contributed by atoms with E-state index in [9.17, 15) is 9.90 Å². The van der Waals surface area contributed by atoms with Crippen LogP contribution in [0.15, 0.2) is 11.1 Å². The van der Waals surface area contributed by atoms with Crippen LogP contribution in [0.2, 0.25) is 0 Å². The van der Waals surface area contributed by atoms with E-state index in [1.54, 1.807) is 5.57 Å². The van der Waals surface area contributed by atoms with Gasteiger partial charge in [-0.05, 0) is 74.0 Å². The van der Waals surface area contributed by atoms with Gasteiger partial charge >= 0.3 is 0 Å². The monoisotopic (exact) mass is 286 g/mol. The Hall–Kier alpha value is -0.630. The minimum absolute atomic E-state index is 0.196. The molecule has 0 saturated heterocycles. The molecule has 5 aliphatic rings. The molecule has 0 aromatic heterocycles. The summed E-state index contributed by atoms with van der Waals surface area (Å²) in [5, 5.41) is 10.9. The van der Waals surface area contributed by atoms with Gasteiger partial charge in [0.15, 0.2) is 0 Å². The predicted molar refractivity (Wildman–Crippen MR) is 80.6 cm³/mol. The molecule has 2 nitrogen and oxygen atoms in total. The molecule has 3 fully saturated rings. The van der Waals surface area contributed by atoms with Gasteiger partial charge in [-0.3, -0.25) is 4.79 Å². The number of rotatable bonds is 0. The van der Waals surface area contributed by atoms with Gasteiger partial charge in [-0.1, -0.05) is 18.1 Å². The summed E-state index contributed by atoms with van der Waals surface area (Å²) in [6.45, 7) is 2.38. The molecule has 0 unspecified atom stereocenters. The third-order valence-corrected chi connectivity index (χ3v) is 8.19. The number of carbonyl (C=O) groups is 1. The summed E-state index contributed by atoms with van der Waals surface area (Å²) >= 11 is 0. The van der Waals surface area contributed by atoms with Gasteiger partial charge in [0.2, 0.25) is 0 Å². The summed E-state index contributed by atoms with van der Waals surface area (Å²) in [6, 6.07) is 0. The zero-order valence-electron chi connectivity index (χ0n) is 13.0. The maximum absolute atomic E-state index is 11.7. The molecule has 21 heavy (non-hydrogen) atoms. The number of hydrogen-bond acceptors (Lipinski definition) is 2. The summed E-state index contributed by atoms with van der Waals surface area (Å²) in [5.74, 6) is 3.36. The Morgan fingerprint density at radius 1 is 1.19 bits per heavy atom. The van der Waals surface area contributed by atoms with Crippen molar-refractivity contribution in [1.29, 1.82) is 0 Å². The fourth-order valence-corrected chi connectivity index (χ4v) is 6.94. The fraction of sp³-hybridized carbons (Fsp3) is 0.842. The summed E-state index contributed by atoms with van der Waals surface area (Å²) in [5.41, 5.74) is 3.08. The molecule has 6 atom stereocenters. The molecular weight excluding hydrogens is 260 g/mol. The minimum Gasteiger partial charge on any atom is -0.389 e. The second kappa shape index (κ2) is 3.82. The van der Waals surface area contributed by atoms with Crippen molar-refractivity contribution in [3.63, 3.8) is 0 Å². The summed E-state index contributed by atoms with van der Waals surface area (Å²) in [7, 11) is 0. The molecule has 0 heterocycles. The number of hydrogen-bond donors (Lipinski definition) is 1. The van der Waals surface area contributed by atoms with E-state index < -0.39 is 0 Å². The molecular formula is C19H26O2. The predicted octanol–water partition coefficient (Wildman–Crippen LogP) is 3.63. The van der Waals surface area contributed by atoms with Crippen LogP contribution in [0.1, 0.15) is 64.7 Å². The topological polar surface area (TPSA) is 37.3 Å². The van der Waals surface area contributed by atoms with Crippen molar-refractivity contribution in [3.8, 4) is 0 Å². The first kappa shape index (κ1) is 12.9. The first-order valence-electron chi connectivity index (χ1n) is 8.98. The fourth-order valence-electron chi connectivity index (χ4n) is 6.94. The molecule has 0 aromatic carbocycles. The van der Waals surface area contributed by atoms with Crippen LogP contribution in [0.5, 0.6) is 0 Å². The highest BCUT2D eigenvalue weighted by atomic mass is 16.3. The Morgan fingerprint density at radius 2 is 2.05 bits per heavy atom. The second-order valence-electron chi connectivity index (χ2n) is 8.78. The maximum atomic E-state index is 11.7. The van der Waals surface area contributed by atoms with Crippen molar-refractivity contribution in [2.75, 3.05) is 0 Å². The molecule has 0 spiro atoms. The summed E-state index contributed by atoms with van der Waals surface area (Å²) < 4.78 is 0. The number of aliphatic hydroxyl groups is 1. The Kier molecular flexibility index (Phi) is 2.34. The Labute approximate surface area is 127 Å². The van der Waals surface area contributed by atoms with Crippen molar-refractivity contribution < 1.29 is 9.90 Å². The number of allylic oxidation sites excluding steroid dienone is 2. The maximum Gasteiger partial charge on any atom is 0.137 e. The van der Waals surface area contributed by atoms with E-state index >= 15 is 0 Å². The van der Waals surface area contributed by atoms with Crippen LogP contribution < -0.4 is 0 Å². The van der Waals surface area contributed by atoms with Gasteiger partial charge in [-0.25, -0.2) is 0 Å². The average molecular weight is 286 g/mol. The zero-order chi connectivity index (χ0) is 14.4. The van der Waals surface area contributed by atoms with E-state index in [0.29, 0.717) is 11.7 Å². The molecule has 5 aliphatic carbocycles. The van der Waals surface area contributed by atoms with Crippen molar-refractivity contribution >= 4 is 5.78 Å². The molecule has 2 heteroatoms. The lowest BCUT2D eigenvalue weighted by Crippen LogP contribution is -2.48. The van der Waals surface area contributed by atoms with Crippen molar-refractivity contribution in [2.24, 2.45) is 29.1 Å². The largest absolute Gasteiger partial charge is 0.389 e. The van der Waals surface area contributed by atoms with Gasteiger partial charge in [0.25, 0.3) is 0 Å². The molecule has 5 rings (SSSR count). The number of carbonyl (C=O) groups excluding carboxylic acids is 1. The highest BCUT2D eigenvalue weighted by Gasteiger charge is 2.73. The minimum atomic E-state index is -0.306. The highest BCUT2D eigenvalue weighted by Crippen LogP contribution is 2.74. The Balaban J connectivity index is 1.49. The standard InChI is InChI=1S/C19H26O2/c1-18-7-6-15-14-5-3-13(20)8-11(14)2-4-16(15)17(18)9-12-10-19(12,18)21/h12,15-17,21H,2-10H2,1H3/t12-,15+,16+,17-,18-,19-/m0/s1. The SMILES string of the molecule is C[C@]12CC[C@@H]3C4=C(CC[C@H]3[C@@H]1C[C@H]1C[C@]12O)CC(=O)CC4. The molecule has 114 valence electrons. The lowest BCUT2D eigenvalue weighted by atomic mass is 9.53. The van der Waals surface area contributed by atoms with Gasteiger partial charge in [0, 0.05) is 12.8 Å². The van der Waals surface area contributed by atoms with Gasteiger partial charge in [-0.15, -0.1) is 0 Å². The van der Waals surface area contributed by atoms with Crippen molar-refractivity contribution in [3.05, 3.63) is 11.1 Å². The smallest absolute Gasteiger partial charge is 0.137 e. The van der Waals surface area contributed by atoms with Crippen LogP contribution in [0.25, 0.3) is 0 Å². The van der Waals surface area contributed by atoms with Crippen LogP contribution in [-0.4, -0.2) is 16.5 Å². The van der Waals surface area contributed by atoms with Crippen LogP contribution in [0.4, 0.5) is 0 Å². The van der Waals surface area contributed by atoms with Gasteiger partial charge in [0.1, 0.15) is 5.78 Å². The highest BCUT2D eigenvalue weighted by molar-refractivity contribution is 5.82. The van der Waals surface area contributed by atoms with Crippen molar-refractivity contribution in [2.45, 2.75) is 70.3 Å². The first-order chi connectivity index (χ1) is 10.0. The third-order valence-electron chi connectivity index (χ3n) is 8.19. The Bertz CT molecular complexity index is 562. The van der Waals surface area contributed by atoms with E-state index in [1.165, 1.54) is 31.3 Å². The van der Waals surface area contributed by atoms with Crippen LogP contribution in [0, 0.1) is 29.1 Å². The lowest BCUT2D eigenvalue weighted by Gasteiger charge is -2.52. The van der Waals surface area contributed by atoms with E-state index in [2.05, 4.69) is 6.92 Å². The normalized spacial score (nSPS) is 54.7. The van der Waals surface area contributed by atoms with E-state index in [-0.39, 0.29) is 11.0 Å². The summed E-state index contributed by atoms with van der Waals surface area (Å²) in [6.07, 6.45) is 9.85. The van der Waals surface area contributed by atoms with E-state index in [1.807, 2.05) is 0 Å². The molecule has 3 saturated carbocycles. The van der Waals surface area contributed by atoms with Crippen LogP contribution in [0.3, 0.4) is 0 Å². The van der Waals surface area contributed by atoms with Crippen LogP contribution in [-0.2, 0) is 4.79 Å². The Morgan fingerprint density at radius 3 is 2.90 bits per heavy atom. The second-order valence-corrected chi connectivity index (χ2v) is 8.78. The molecule has 0 aliphatic heterocycles. The zero-order valence-corrected chi connectivity index (χ0v) is 13.0. The molecule has 0 aromatic rings.